The Hall–Kier alpha value is -3.71. The Morgan fingerprint density at radius 1 is 1.03 bits per heavy atom. The van der Waals surface area contributed by atoms with E-state index in [2.05, 4.69) is 66.3 Å². The molecule has 0 aliphatic carbocycles. The molecule has 0 saturated carbocycles. The van der Waals surface area contributed by atoms with E-state index in [9.17, 15) is 4.79 Å². The third-order valence-electron chi connectivity index (χ3n) is 6.03. The maximum absolute atomic E-state index is 12.7. The molecule has 0 unspecified atom stereocenters. The number of thiazole rings is 1. The van der Waals surface area contributed by atoms with E-state index in [0.29, 0.717) is 22.2 Å². The summed E-state index contributed by atoms with van der Waals surface area (Å²) < 4.78 is 0. The van der Waals surface area contributed by atoms with E-state index in [1.165, 1.54) is 33.6 Å². The molecule has 0 atom stereocenters. The number of carbonyl (C=O) groups excluding carboxylic acids is 1. The number of nitrogens with two attached hydrogens (primary N) is 1. The Bertz CT molecular complexity index is 1380. The minimum absolute atomic E-state index is 0.0245. The van der Waals surface area contributed by atoms with Gasteiger partial charge >= 0.3 is 0 Å². The van der Waals surface area contributed by atoms with Gasteiger partial charge in [0.15, 0.2) is 10.9 Å². The highest BCUT2D eigenvalue weighted by Gasteiger charge is 2.21. The number of benzene rings is 2. The molecule has 7 heteroatoms. The van der Waals surface area contributed by atoms with Gasteiger partial charge < -0.3 is 15.6 Å². The molecule has 4 aromatic rings. The molecule has 33 heavy (non-hydrogen) atoms. The van der Waals surface area contributed by atoms with Crippen LogP contribution in [0.5, 0.6) is 0 Å². The molecule has 0 radical (unpaired) electrons. The number of hydrogen-bond acceptors (Lipinski definition) is 6. The number of aromatic nitrogens is 3. The summed E-state index contributed by atoms with van der Waals surface area (Å²) in [6.45, 7) is 6.95. The van der Waals surface area contributed by atoms with Crippen LogP contribution in [0.1, 0.15) is 37.9 Å². The van der Waals surface area contributed by atoms with Crippen LogP contribution in [0.15, 0.2) is 48.7 Å². The van der Waals surface area contributed by atoms with Gasteiger partial charge in [-0.05, 0) is 49.1 Å². The van der Waals surface area contributed by atoms with Gasteiger partial charge in [0.25, 0.3) is 0 Å². The fraction of sp³-hybridized carbons (Fsp3) is 0.192. The highest BCUT2D eigenvalue weighted by Crippen LogP contribution is 2.28. The molecule has 5 rings (SSSR count). The maximum Gasteiger partial charge on any atom is 0.193 e. The molecular weight excluding hydrogens is 430 g/mol. The van der Waals surface area contributed by atoms with Crippen LogP contribution in [0.4, 0.5) is 5.13 Å². The van der Waals surface area contributed by atoms with Gasteiger partial charge in [-0.25, -0.2) is 9.97 Å². The summed E-state index contributed by atoms with van der Waals surface area (Å²) in [4.78, 5) is 27.6. The zero-order chi connectivity index (χ0) is 23.1. The van der Waals surface area contributed by atoms with Gasteiger partial charge in [-0.15, -0.1) is 0 Å². The van der Waals surface area contributed by atoms with Gasteiger partial charge in [0.2, 0.25) is 0 Å². The fourth-order valence-electron chi connectivity index (χ4n) is 4.03. The zero-order valence-electron chi connectivity index (χ0n) is 18.8. The van der Waals surface area contributed by atoms with Crippen molar-refractivity contribution in [3.8, 4) is 22.5 Å². The molecule has 0 saturated heterocycles. The van der Waals surface area contributed by atoms with Crippen LogP contribution in [0, 0.1) is 20.8 Å². The van der Waals surface area contributed by atoms with Crippen molar-refractivity contribution in [3.05, 3.63) is 81.8 Å². The normalized spacial score (nSPS) is 12.8. The summed E-state index contributed by atoms with van der Waals surface area (Å²) in [5, 5.41) is 0.425. The first kappa shape index (κ1) is 21.2. The smallest absolute Gasteiger partial charge is 0.193 e. The lowest BCUT2D eigenvalue weighted by atomic mass is 9.99. The average Bonchev–Trinajstić information content (AvgIpc) is 3.37. The minimum Gasteiger partial charge on any atom is -0.375 e. The number of Topliss-reactive ketones (excluding diaryl/α,β-unsaturated/α-hetero) is 1. The van der Waals surface area contributed by atoms with Crippen LogP contribution in [-0.4, -0.2) is 32.2 Å². The van der Waals surface area contributed by atoms with Gasteiger partial charge in [-0.3, -0.25) is 4.79 Å². The molecule has 3 heterocycles. The van der Waals surface area contributed by atoms with Crippen molar-refractivity contribution in [2.75, 3.05) is 12.3 Å². The van der Waals surface area contributed by atoms with Gasteiger partial charge in [-0.2, -0.15) is 0 Å². The highest BCUT2D eigenvalue weighted by atomic mass is 32.1. The van der Waals surface area contributed by atoms with Gasteiger partial charge in [0, 0.05) is 11.8 Å². The van der Waals surface area contributed by atoms with Crippen LogP contribution < -0.4 is 5.73 Å². The number of aromatic amines is 1. The first-order valence-corrected chi connectivity index (χ1v) is 11.6. The number of nitrogen functional groups attached to an aromatic ring is 1. The van der Waals surface area contributed by atoms with Gasteiger partial charge in [0.1, 0.15) is 5.82 Å². The predicted octanol–water partition coefficient (Wildman–Crippen LogP) is 5.38. The van der Waals surface area contributed by atoms with Crippen LogP contribution in [-0.2, 0) is 6.54 Å². The number of aryl methyl sites for hydroxylation is 3. The van der Waals surface area contributed by atoms with Crippen molar-refractivity contribution in [1.82, 2.24) is 19.9 Å². The number of rotatable bonds is 5. The third kappa shape index (κ3) is 4.19. The Balaban J connectivity index is 1.31. The molecule has 3 N–H and O–H groups in total. The van der Waals surface area contributed by atoms with Crippen molar-refractivity contribution in [3.63, 3.8) is 0 Å². The quantitative estimate of drug-likeness (QED) is 0.395. The van der Waals surface area contributed by atoms with Gasteiger partial charge in [-0.1, -0.05) is 53.8 Å². The van der Waals surface area contributed by atoms with Crippen LogP contribution >= 0.6 is 11.3 Å². The summed E-state index contributed by atoms with van der Waals surface area (Å²) in [5.41, 5.74) is 14.4. The number of nitrogens with one attached hydrogen (secondary N) is 1. The monoisotopic (exact) mass is 455 g/mol. The van der Waals surface area contributed by atoms with Crippen molar-refractivity contribution < 1.29 is 4.79 Å². The second-order valence-corrected chi connectivity index (χ2v) is 9.47. The van der Waals surface area contributed by atoms with Crippen LogP contribution in [0.25, 0.3) is 28.6 Å². The number of imidazole rings is 1. The van der Waals surface area contributed by atoms with Gasteiger partial charge in [0.05, 0.1) is 35.0 Å². The molecule has 1 aliphatic heterocycles. The minimum atomic E-state index is 0.0245. The van der Waals surface area contributed by atoms with Crippen molar-refractivity contribution in [2.24, 2.45) is 0 Å². The lowest BCUT2D eigenvalue weighted by Gasteiger charge is -2.21. The topological polar surface area (TPSA) is 87.9 Å². The number of ketones is 1. The van der Waals surface area contributed by atoms with E-state index >= 15 is 0 Å². The number of H-pyrrole nitrogens is 1. The van der Waals surface area contributed by atoms with E-state index < -0.39 is 0 Å². The second kappa shape index (κ2) is 8.33. The van der Waals surface area contributed by atoms with E-state index in [1.807, 2.05) is 24.1 Å². The maximum atomic E-state index is 12.7. The molecule has 0 bridgehead atoms. The number of carbonyl (C=O) groups is 1. The summed E-state index contributed by atoms with van der Waals surface area (Å²) >= 11 is 1.25. The lowest BCUT2D eigenvalue weighted by molar-refractivity contribution is 0.0955. The molecule has 2 aromatic heterocycles. The van der Waals surface area contributed by atoms with Crippen LogP contribution in [0.3, 0.4) is 0 Å². The number of fused-ring (bicyclic) bond motifs is 1. The summed E-state index contributed by atoms with van der Waals surface area (Å²) in [6, 6.07) is 15.0. The highest BCUT2D eigenvalue weighted by molar-refractivity contribution is 7.17. The molecule has 2 aromatic carbocycles. The first-order chi connectivity index (χ1) is 15.9. The first-order valence-electron chi connectivity index (χ1n) is 10.8. The van der Waals surface area contributed by atoms with Crippen molar-refractivity contribution in [2.45, 2.75) is 27.3 Å². The van der Waals surface area contributed by atoms with E-state index in [4.69, 9.17) is 10.7 Å². The SMILES string of the molecule is Cc1ccc(-c2ccc(-c3nc4c([nH]3)CN(CC(=O)c3sc(N)nc3C)C=C4)cc2)cc1C. The third-order valence-corrected chi connectivity index (χ3v) is 7.05. The molecule has 6 nitrogen and oxygen atoms in total. The van der Waals surface area contributed by atoms with Crippen molar-refractivity contribution >= 4 is 28.3 Å². The summed E-state index contributed by atoms with van der Waals surface area (Å²) in [7, 11) is 0. The Labute approximate surface area is 196 Å². The molecule has 0 amide bonds. The molecule has 0 fully saturated rings. The number of anilines is 1. The Morgan fingerprint density at radius 2 is 1.76 bits per heavy atom. The number of hydrogen-bond donors (Lipinski definition) is 2. The Morgan fingerprint density at radius 3 is 2.45 bits per heavy atom. The molecular formula is C26H25N5OS. The summed E-state index contributed by atoms with van der Waals surface area (Å²) in [6.07, 6.45) is 3.87. The molecule has 1 aliphatic rings. The van der Waals surface area contributed by atoms with Crippen molar-refractivity contribution in [1.29, 1.82) is 0 Å². The Kier molecular flexibility index (Phi) is 5.34. The average molecular weight is 456 g/mol. The fourth-order valence-corrected chi connectivity index (χ4v) is 4.80. The standard InChI is InChI=1S/C26H25N5OS/c1-15-4-5-20(12-16(15)2)18-6-8-19(9-7-18)25-29-21-10-11-31(13-22(21)30-25)14-23(32)24-17(3)28-26(27)33-24/h4-12H,13-14H2,1-3H3,(H2,27,28)(H,29,30). The second-order valence-electron chi connectivity index (χ2n) is 8.44. The summed E-state index contributed by atoms with van der Waals surface area (Å²) in [5.74, 6) is 0.854. The number of nitrogens with zero attached hydrogens (tertiary/aromatic N) is 3. The largest absolute Gasteiger partial charge is 0.375 e. The molecule has 0 spiro atoms. The van der Waals surface area contributed by atoms with E-state index in [1.54, 1.807) is 0 Å². The lowest BCUT2D eigenvalue weighted by Crippen LogP contribution is -2.26. The zero-order valence-corrected chi connectivity index (χ0v) is 19.7. The van der Waals surface area contributed by atoms with E-state index in [-0.39, 0.29) is 12.3 Å². The van der Waals surface area contributed by atoms with E-state index in [0.717, 1.165) is 22.8 Å². The van der Waals surface area contributed by atoms with Crippen LogP contribution in [0.2, 0.25) is 0 Å². The predicted molar refractivity (Wildman–Crippen MR) is 134 cm³/mol. The molecule has 166 valence electrons.